The van der Waals surface area contributed by atoms with Crippen LogP contribution in [-0.2, 0) is 9.47 Å². The van der Waals surface area contributed by atoms with E-state index >= 15 is 0 Å². The minimum atomic E-state index is -0.495. The van der Waals surface area contributed by atoms with E-state index in [0.717, 1.165) is 54.8 Å². The number of fused-ring (bicyclic) bond motifs is 5. The molecule has 0 bridgehead atoms. The average Bonchev–Trinajstić information content (AvgIpc) is 3.10. The largest absolute Gasteiger partial charge is 0.508 e. The van der Waals surface area contributed by atoms with Crippen LogP contribution < -0.4 is 0 Å². The molecular formula is C31H52O3. The van der Waals surface area contributed by atoms with Crippen LogP contribution in [-0.4, -0.2) is 18.4 Å². The van der Waals surface area contributed by atoms with Crippen LogP contribution in [0.5, 0.6) is 0 Å². The van der Waals surface area contributed by atoms with Crippen LogP contribution in [0.2, 0.25) is 0 Å². The van der Waals surface area contributed by atoms with E-state index in [4.69, 9.17) is 9.47 Å². The van der Waals surface area contributed by atoms with Gasteiger partial charge in [-0.05, 0) is 105 Å². The lowest BCUT2D eigenvalue weighted by Crippen LogP contribution is -2.51. The summed E-state index contributed by atoms with van der Waals surface area (Å²) < 4.78 is 10.9. The molecule has 0 aromatic carbocycles. The van der Waals surface area contributed by atoms with Crippen LogP contribution in [0.3, 0.4) is 0 Å². The van der Waals surface area contributed by atoms with Gasteiger partial charge in [-0.1, -0.05) is 65.5 Å². The van der Waals surface area contributed by atoms with Crippen molar-refractivity contribution in [3.05, 3.63) is 11.6 Å². The summed E-state index contributed by atoms with van der Waals surface area (Å²) >= 11 is 0. The zero-order valence-electron chi connectivity index (χ0n) is 23.2. The minimum Gasteiger partial charge on any atom is -0.432 e. The van der Waals surface area contributed by atoms with Gasteiger partial charge in [-0.15, -0.1) is 0 Å². The van der Waals surface area contributed by atoms with Gasteiger partial charge >= 0.3 is 6.16 Å². The third-order valence-corrected chi connectivity index (χ3v) is 10.9. The van der Waals surface area contributed by atoms with Crippen molar-refractivity contribution in [2.75, 3.05) is 0 Å². The number of ether oxygens (including phenoxy) is 2. The van der Waals surface area contributed by atoms with Crippen molar-refractivity contribution in [3.8, 4) is 0 Å². The number of allylic oxidation sites excluding steroid dienone is 1. The molecule has 0 aromatic heterocycles. The molecule has 4 rings (SSSR count). The molecule has 194 valence electrons. The molecule has 0 heterocycles. The molecule has 0 saturated heterocycles. The molecular weight excluding hydrogens is 420 g/mol. The van der Waals surface area contributed by atoms with Crippen LogP contribution in [0, 0.1) is 46.3 Å². The standard InChI is InChI=1S/C31H52O3/c1-20(2)9-8-10-22(5)26-13-14-27-25-12-11-23-19-24(34-29(32)33-21(3)4)15-17-30(23,6)28(25)16-18-31(26,27)7/h11,20-22,24-28H,8-10,12-19H2,1-7H3/t22?,24?,25?,26?,27?,28?,30-,31+/m0/s1. The lowest BCUT2D eigenvalue weighted by molar-refractivity contribution is -0.0629. The van der Waals surface area contributed by atoms with Gasteiger partial charge in [-0.2, -0.15) is 0 Å². The normalized spacial score (nSPS) is 40.3. The number of carbonyl (C=O) groups is 1. The van der Waals surface area contributed by atoms with Gasteiger partial charge in [0.05, 0.1) is 6.10 Å². The molecule has 6 unspecified atom stereocenters. The van der Waals surface area contributed by atoms with Crippen molar-refractivity contribution in [1.82, 2.24) is 0 Å². The fourth-order valence-electron chi connectivity index (χ4n) is 9.11. The van der Waals surface area contributed by atoms with Crippen LogP contribution in [0.1, 0.15) is 119 Å². The molecule has 3 heteroatoms. The zero-order chi connectivity index (χ0) is 24.7. The first kappa shape index (κ1) is 26.1. The van der Waals surface area contributed by atoms with Crippen LogP contribution in [0.15, 0.2) is 11.6 Å². The van der Waals surface area contributed by atoms with E-state index in [1.54, 1.807) is 5.57 Å². The monoisotopic (exact) mass is 472 g/mol. The topological polar surface area (TPSA) is 35.5 Å². The van der Waals surface area contributed by atoms with Crippen LogP contribution >= 0.6 is 0 Å². The summed E-state index contributed by atoms with van der Waals surface area (Å²) in [7, 11) is 0. The lowest BCUT2D eigenvalue weighted by atomic mass is 9.47. The van der Waals surface area contributed by atoms with E-state index < -0.39 is 6.16 Å². The molecule has 4 aliphatic carbocycles. The molecule has 0 amide bonds. The van der Waals surface area contributed by atoms with Gasteiger partial charge in [0, 0.05) is 6.42 Å². The number of hydrogen-bond donors (Lipinski definition) is 0. The van der Waals surface area contributed by atoms with Crippen molar-refractivity contribution in [2.24, 2.45) is 46.3 Å². The molecule has 34 heavy (non-hydrogen) atoms. The molecule has 4 aliphatic rings. The Bertz CT molecular complexity index is 754. The van der Waals surface area contributed by atoms with Crippen molar-refractivity contribution >= 4 is 6.16 Å². The zero-order valence-corrected chi connectivity index (χ0v) is 23.2. The maximum atomic E-state index is 12.1. The fraction of sp³-hybridized carbons (Fsp3) is 0.903. The molecule has 0 aliphatic heterocycles. The van der Waals surface area contributed by atoms with E-state index in [2.05, 4.69) is 40.7 Å². The van der Waals surface area contributed by atoms with Crippen LogP contribution in [0.25, 0.3) is 0 Å². The SMILES string of the molecule is CC(C)CCCC(C)C1CCC2C3CC=C4CC(OC(=O)OC(C)C)CC[C@]4(C)C3CC[C@]12C. The summed E-state index contributed by atoms with van der Waals surface area (Å²) in [6.45, 7) is 16.3. The Labute approximate surface area is 209 Å². The third-order valence-electron chi connectivity index (χ3n) is 10.9. The smallest absolute Gasteiger partial charge is 0.432 e. The summed E-state index contributed by atoms with van der Waals surface area (Å²) in [6, 6.07) is 0. The molecule has 0 spiro atoms. The van der Waals surface area contributed by atoms with E-state index in [9.17, 15) is 4.79 Å². The highest BCUT2D eigenvalue weighted by Crippen LogP contribution is 2.67. The van der Waals surface area contributed by atoms with Gasteiger partial charge in [0.2, 0.25) is 0 Å². The Hall–Kier alpha value is -0.990. The first-order valence-corrected chi connectivity index (χ1v) is 14.6. The van der Waals surface area contributed by atoms with Gasteiger partial charge in [0.25, 0.3) is 0 Å². The second-order valence-corrected chi connectivity index (χ2v) is 13.7. The number of rotatable bonds is 7. The Balaban J connectivity index is 1.42. The van der Waals surface area contributed by atoms with Crippen molar-refractivity contribution in [1.29, 1.82) is 0 Å². The summed E-state index contributed by atoms with van der Waals surface area (Å²) in [5.41, 5.74) is 2.41. The second-order valence-electron chi connectivity index (χ2n) is 13.7. The van der Waals surface area contributed by atoms with Crippen LogP contribution in [0.4, 0.5) is 4.79 Å². The predicted octanol–water partition coefficient (Wildman–Crippen LogP) is 8.96. The van der Waals surface area contributed by atoms with Gasteiger partial charge in [-0.3, -0.25) is 0 Å². The van der Waals surface area contributed by atoms with E-state index in [0.29, 0.717) is 10.8 Å². The second kappa shape index (κ2) is 10.2. The van der Waals surface area contributed by atoms with Gasteiger partial charge in [0.15, 0.2) is 0 Å². The highest BCUT2D eigenvalue weighted by molar-refractivity contribution is 5.60. The number of carbonyl (C=O) groups excluding carboxylic acids is 1. The molecule has 0 N–H and O–H groups in total. The molecule has 3 saturated carbocycles. The molecule has 3 fully saturated rings. The lowest BCUT2D eigenvalue weighted by Gasteiger charge is -2.58. The van der Waals surface area contributed by atoms with Gasteiger partial charge in [-0.25, -0.2) is 4.79 Å². The van der Waals surface area contributed by atoms with E-state index in [1.807, 2.05) is 13.8 Å². The molecule has 0 aromatic rings. The number of hydrogen-bond acceptors (Lipinski definition) is 3. The first-order valence-electron chi connectivity index (χ1n) is 14.6. The Morgan fingerprint density at radius 1 is 1.00 bits per heavy atom. The minimum absolute atomic E-state index is 0.0152. The molecule has 3 nitrogen and oxygen atoms in total. The maximum absolute atomic E-state index is 12.1. The highest BCUT2D eigenvalue weighted by Gasteiger charge is 2.59. The summed E-state index contributed by atoms with van der Waals surface area (Å²) in [5.74, 6) is 5.18. The van der Waals surface area contributed by atoms with Crippen molar-refractivity contribution < 1.29 is 14.3 Å². The summed E-state index contributed by atoms with van der Waals surface area (Å²) in [5, 5.41) is 0. The summed E-state index contributed by atoms with van der Waals surface area (Å²) in [6.07, 6.45) is 16.1. The van der Waals surface area contributed by atoms with E-state index in [-0.39, 0.29) is 12.2 Å². The average molecular weight is 473 g/mol. The van der Waals surface area contributed by atoms with E-state index in [1.165, 1.54) is 51.4 Å². The Morgan fingerprint density at radius 3 is 2.47 bits per heavy atom. The van der Waals surface area contributed by atoms with Crippen molar-refractivity contribution in [2.45, 2.75) is 131 Å². The quantitative estimate of drug-likeness (QED) is 0.274. The molecule has 0 radical (unpaired) electrons. The molecule has 8 atom stereocenters. The Kier molecular flexibility index (Phi) is 7.80. The first-order chi connectivity index (χ1) is 16.0. The summed E-state index contributed by atoms with van der Waals surface area (Å²) in [4.78, 5) is 12.1. The van der Waals surface area contributed by atoms with Gasteiger partial charge < -0.3 is 9.47 Å². The fourth-order valence-corrected chi connectivity index (χ4v) is 9.11. The Morgan fingerprint density at radius 2 is 1.76 bits per heavy atom. The van der Waals surface area contributed by atoms with Gasteiger partial charge in [0.1, 0.15) is 6.10 Å². The highest BCUT2D eigenvalue weighted by atomic mass is 16.7. The third kappa shape index (κ3) is 4.96. The van der Waals surface area contributed by atoms with Crippen molar-refractivity contribution in [3.63, 3.8) is 0 Å². The predicted molar refractivity (Wildman–Crippen MR) is 140 cm³/mol. The maximum Gasteiger partial charge on any atom is 0.508 e.